The zero-order valence-corrected chi connectivity index (χ0v) is 12.3. The topological polar surface area (TPSA) is 80.0 Å². The maximum Gasteiger partial charge on any atom is 0.251 e. The van der Waals surface area contributed by atoms with Crippen LogP contribution >= 0.6 is 0 Å². The van der Waals surface area contributed by atoms with Crippen LogP contribution in [-0.4, -0.2) is 36.2 Å². The average molecular weight is 288 g/mol. The zero-order chi connectivity index (χ0) is 15.1. The van der Waals surface area contributed by atoms with Gasteiger partial charge in [0.05, 0.1) is 0 Å². The highest BCUT2D eigenvalue weighted by Gasteiger charge is 2.10. The van der Waals surface area contributed by atoms with Crippen LogP contribution in [0.25, 0.3) is 0 Å². The van der Waals surface area contributed by atoms with Crippen molar-refractivity contribution in [3.63, 3.8) is 0 Å². The molecule has 21 heavy (non-hydrogen) atoms. The minimum Gasteiger partial charge on any atom is -0.352 e. The number of aromatic nitrogens is 2. The molecule has 0 saturated carbocycles. The smallest absolute Gasteiger partial charge is 0.251 e. The lowest BCUT2D eigenvalue weighted by Crippen LogP contribution is -2.27. The van der Waals surface area contributed by atoms with Gasteiger partial charge in [-0.25, -0.2) is 0 Å². The summed E-state index contributed by atoms with van der Waals surface area (Å²) in [5.74, 6) is 1.07. The van der Waals surface area contributed by atoms with Gasteiger partial charge in [-0.1, -0.05) is 23.4 Å². The van der Waals surface area contributed by atoms with Gasteiger partial charge in [-0.05, 0) is 38.6 Å². The number of rotatable bonds is 7. The minimum absolute atomic E-state index is 0.0714. The molecule has 112 valence electrons. The summed E-state index contributed by atoms with van der Waals surface area (Å²) in [6, 6.07) is 7.65. The highest BCUT2D eigenvalue weighted by atomic mass is 16.5. The second kappa shape index (κ2) is 7.54. The van der Waals surface area contributed by atoms with Crippen LogP contribution in [-0.2, 0) is 12.8 Å². The monoisotopic (exact) mass is 288 g/mol. The van der Waals surface area contributed by atoms with Gasteiger partial charge in [-0.3, -0.25) is 4.79 Å². The molecule has 6 nitrogen and oxygen atoms in total. The van der Waals surface area contributed by atoms with E-state index in [4.69, 9.17) is 4.52 Å². The van der Waals surface area contributed by atoms with Crippen molar-refractivity contribution in [2.75, 3.05) is 20.1 Å². The molecule has 0 aliphatic carbocycles. The molecular formula is C15H20N4O2. The molecule has 0 unspecified atom stereocenters. The summed E-state index contributed by atoms with van der Waals surface area (Å²) in [4.78, 5) is 16.3. The van der Waals surface area contributed by atoms with E-state index in [9.17, 15) is 4.79 Å². The van der Waals surface area contributed by atoms with Crippen LogP contribution in [0.15, 0.2) is 28.8 Å². The summed E-state index contributed by atoms with van der Waals surface area (Å²) < 4.78 is 5.01. The molecule has 0 aliphatic heterocycles. The van der Waals surface area contributed by atoms with Crippen molar-refractivity contribution in [3.8, 4) is 0 Å². The highest BCUT2D eigenvalue weighted by molar-refractivity contribution is 5.95. The molecule has 2 aromatic rings. The molecule has 0 spiro atoms. The van der Waals surface area contributed by atoms with E-state index in [0.29, 0.717) is 24.7 Å². The van der Waals surface area contributed by atoms with Crippen molar-refractivity contribution in [2.45, 2.75) is 19.8 Å². The molecule has 1 amide bonds. The first-order valence-corrected chi connectivity index (χ1v) is 7.00. The van der Waals surface area contributed by atoms with Crippen molar-refractivity contribution in [1.29, 1.82) is 0 Å². The average Bonchev–Trinajstić information content (AvgIpc) is 2.91. The summed E-state index contributed by atoms with van der Waals surface area (Å²) in [7, 11) is 1.90. The number of amides is 1. The number of nitrogens with zero attached hydrogens (tertiary/aromatic N) is 2. The van der Waals surface area contributed by atoms with Crippen LogP contribution in [0.1, 0.15) is 27.6 Å². The molecule has 0 radical (unpaired) electrons. The fourth-order valence-electron chi connectivity index (χ4n) is 2.04. The standard InChI is InChI=1S/C15H20N4O2/c1-11-18-14(21-19-11)8-10-17-15(20)13-6-4-3-5-12(13)7-9-16-2/h3-6,16H,7-10H2,1-2H3,(H,17,20). The third-order valence-electron chi connectivity index (χ3n) is 3.10. The fraction of sp³-hybridized carbons (Fsp3) is 0.400. The van der Waals surface area contributed by atoms with Gasteiger partial charge in [0, 0.05) is 18.5 Å². The number of benzene rings is 1. The minimum atomic E-state index is -0.0714. The third kappa shape index (κ3) is 4.39. The van der Waals surface area contributed by atoms with Gasteiger partial charge in [0.1, 0.15) is 0 Å². The lowest BCUT2D eigenvalue weighted by atomic mass is 10.0. The normalized spacial score (nSPS) is 10.6. The van der Waals surface area contributed by atoms with Gasteiger partial charge in [0.2, 0.25) is 5.89 Å². The van der Waals surface area contributed by atoms with Gasteiger partial charge >= 0.3 is 0 Å². The van der Waals surface area contributed by atoms with Crippen LogP contribution in [0.5, 0.6) is 0 Å². The molecule has 0 saturated heterocycles. The van der Waals surface area contributed by atoms with E-state index >= 15 is 0 Å². The zero-order valence-electron chi connectivity index (χ0n) is 12.3. The van der Waals surface area contributed by atoms with Gasteiger partial charge in [0.25, 0.3) is 5.91 Å². The summed E-state index contributed by atoms with van der Waals surface area (Å²) in [6.07, 6.45) is 1.36. The third-order valence-corrected chi connectivity index (χ3v) is 3.10. The van der Waals surface area contributed by atoms with Gasteiger partial charge in [-0.15, -0.1) is 0 Å². The van der Waals surface area contributed by atoms with Crippen molar-refractivity contribution in [2.24, 2.45) is 0 Å². The predicted octanol–water partition coefficient (Wildman–Crippen LogP) is 1.11. The van der Waals surface area contributed by atoms with Crippen molar-refractivity contribution in [1.82, 2.24) is 20.8 Å². The quantitative estimate of drug-likeness (QED) is 0.798. The Morgan fingerprint density at radius 1 is 1.24 bits per heavy atom. The Bertz CT molecular complexity index is 595. The molecule has 2 N–H and O–H groups in total. The highest BCUT2D eigenvalue weighted by Crippen LogP contribution is 2.09. The van der Waals surface area contributed by atoms with Gasteiger partial charge < -0.3 is 15.2 Å². The Morgan fingerprint density at radius 2 is 2.05 bits per heavy atom. The first-order chi connectivity index (χ1) is 10.2. The Labute approximate surface area is 123 Å². The van der Waals surface area contributed by atoms with Gasteiger partial charge in [-0.2, -0.15) is 4.98 Å². The predicted molar refractivity (Wildman–Crippen MR) is 79.1 cm³/mol. The van der Waals surface area contributed by atoms with E-state index in [0.717, 1.165) is 24.1 Å². The van der Waals surface area contributed by atoms with E-state index in [1.54, 1.807) is 6.92 Å². The Morgan fingerprint density at radius 3 is 2.76 bits per heavy atom. The summed E-state index contributed by atoms with van der Waals surface area (Å²) >= 11 is 0. The lowest BCUT2D eigenvalue weighted by Gasteiger charge is -2.09. The van der Waals surface area contributed by atoms with Crippen LogP contribution in [0, 0.1) is 6.92 Å². The Kier molecular flexibility index (Phi) is 5.45. The summed E-state index contributed by atoms with van der Waals surface area (Å²) in [6.45, 7) is 3.08. The Balaban J connectivity index is 1.90. The number of hydrogen-bond donors (Lipinski definition) is 2. The van der Waals surface area contributed by atoms with Gasteiger partial charge in [0.15, 0.2) is 5.82 Å². The number of carbonyl (C=O) groups excluding carboxylic acids is 1. The molecule has 6 heteroatoms. The van der Waals surface area contributed by atoms with E-state index in [2.05, 4.69) is 20.8 Å². The van der Waals surface area contributed by atoms with Crippen molar-refractivity contribution >= 4 is 5.91 Å². The molecule has 1 aromatic carbocycles. The largest absolute Gasteiger partial charge is 0.352 e. The molecule has 1 heterocycles. The lowest BCUT2D eigenvalue weighted by molar-refractivity contribution is 0.0952. The van der Waals surface area contributed by atoms with Crippen LogP contribution in [0.2, 0.25) is 0 Å². The molecule has 0 atom stereocenters. The first-order valence-electron chi connectivity index (χ1n) is 7.00. The fourth-order valence-corrected chi connectivity index (χ4v) is 2.04. The second-order valence-corrected chi connectivity index (χ2v) is 4.75. The van der Waals surface area contributed by atoms with E-state index in [1.807, 2.05) is 31.3 Å². The Hall–Kier alpha value is -2.21. The summed E-state index contributed by atoms with van der Waals surface area (Å²) in [5, 5.41) is 9.69. The number of likely N-dealkylation sites (N-methyl/N-ethyl adjacent to an activating group) is 1. The van der Waals surface area contributed by atoms with Crippen LogP contribution < -0.4 is 10.6 Å². The molecule has 2 rings (SSSR count). The van der Waals surface area contributed by atoms with Crippen LogP contribution in [0.3, 0.4) is 0 Å². The molecule has 0 fully saturated rings. The SMILES string of the molecule is CNCCc1ccccc1C(=O)NCCc1nc(C)no1. The molecular weight excluding hydrogens is 268 g/mol. The van der Waals surface area contributed by atoms with E-state index in [-0.39, 0.29) is 5.91 Å². The maximum atomic E-state index is 12.2. The van der Waals surface area contributed by atoms with Crippen LogP contribution in [0.4, 0.5) is 0 Å². The van der Waals surface area contributed by atoms with E-state index in [1.165, 1.54) is 0 Å². The number of nitrogens with one attached hydrogen (secondary N) is 2. The van der Waals surface area contributed by atoms with Crippen molar-refractivity contribution < 1.29 is 9.32 Å². The second-order valence-electron chi connectivity index (χ2n) is 4.75. The summed E-state index contributed by atoms with van der Waals surface area (Å²) in [5.41, 5.74) is 1.76. The maximum absolute atomic E-state index is 12.2. The number of aryl methyl sites for hydroxylation is 1. The van der Waals surface area contributed by atoms with Crippen molar-refractivity contribution in [3.05, 3.63) is 47.1 Å². The molecule has 0 aliphatic rings. The van der Waals surface area contributed by atoms with E-state index < -0.39 is 0 Å². The number of hydrogen-bond acceptors (Lipinski definition) is 5. The molecule has 0 bridgehead atoms. The number of carbonyl (C=O) groups is 1. The first kappa shape index (κ1) is 15.2. The molecule has 1 aromatic heterocycles.